The molecule has 0 aliphatic carbocycles. The molecule has 0 saturated carbocycles. The van der Waals surface area contributed by atoms with Crippen LogP contribution in [0.25, 0.3) is 5.82 Å². The zero-order valence-electron chi connectivity index (χ0n) is 17.5. The van der Waals surface area contributed by atoms with Crippen LogP contribution in [0, 0.1) is 6.92 Å². The molecule has 2 aromatic heterocycles. The van der Waals surface area contributed by atoms with Crippen molar-refractivity contribution in [2.75, 3.05) is 18.5 Å². The molecule has 3 heterocycles. The second-order valence-electron chi connectivity index (χ2n) is 7.29. The van der Waals surface area contributed by atoms with E-state index >= 15 is 0 Å². The maximum atomic E-state index is 12.6. The number of hydrogen-bond acceptors (Lipinski definition) is 7. The second-order valence-corrected chi connectivity index (χ2v) is 7.70. The lowest BCUT2D eigenvalue weighted by Gasteiger charge is -2.12. The molecule has 32 heavy (non-hydrogen) atoms. The number of carbonyl (C=O) groups is 1. The largest absolute Gasteiger partial charge is 0.392 e. The Balaban J connectivity index is 0.00000289. The predicted molar refractivity (Wildman–Crippen MR) is 126 cm³/mol. The molecule has 1 amide bonds. The van der Waals surface area contributed by atoms with Crippen LogP contribution in [0.5, 0.6) is 0 Å². The summed E-state index contributed by atoms with van der Waals surface area (Å²) in [6.45, 7) is 3.28. The molecule has 3 N–H and O–H groups in total. The smallest absolute Gasteiger partial charge is 0.271 e. The van der Waals surface area contributed by atoms with Gasteiger partial charge in [-0.05, 0) is 25.0 Å². The summed E-state index contributed by atoms with van der Waals surface area (Å²) in [5.74, 6) is 0.810. The van der Waals surface area contributed by atoms with Gasteiger partial charge in [0, 0.05) is 41.7 Å². The van der Waals surface area contributed by atoms with Crippen LogP contribution < -0.4 is 10.6 Å². The molecule has 11 heteroatoms. The Morgan fingerprint density at radius 2 is 2.22 bits per heavy atom. The van der Waals surface area contributed by atoms with Crippen LogP contribution in [0.2, 0.25) is 5.02 Å². The molecule has 0 unspecified atom stereocenters. The summed E-state index contributed by atoms with van der Waals surface area (Å²) in [6.07, 6.45) is 5.81. The number of aliphatic hydroxyl groups excluding tert-OH is 1. The van der Waals surface area contributed by atoms with Crippen LogP contribution in [0.15, 0.2) is 36.9 Å². The molecule has 0 spiro atoms. The Hall–Kier alpha value is -2.66. The van der Waals surface area contributed by atoms with Gasteiger partial charge in [-0.15, -0.1) is 0 Å². The van der Waals surface area contributed by atoms with Gasteiger partial charge >= 0.3 is 0 Å². The maximum Gasteiger partial charge on any atom is 0.271 e. The highest BCUT2D eigenvalue weighted by molar-refractivity contribution is 7.59. The highest BCUT2D eigenvalue weighted by atomic mass is 35.5. The van der Waals surface area contributed by atoms with Gasteiger partial charge in [0.05, 0.1) is 19.3 Å². The van der Waals surface area contributed by atoms with E-state index in [1.165, 1.54) is 0 Å². The summed E-state index contributed by atoms with van der Waals surface area (Å²) in [4.78, 5) is 25.7. The lowest BCUT2D eigenvalue weighted by Crippen LogP contribution is -2.24. The van der Waals surface area contributed by atoms with E-state index in [4.69, 9.17) is 16.3 Å². The summed E-state index contributed by atoms with van der Waals surface area (Å²) in [6, 6.07) is 5.48. The van der Waals surface area contributed by atoms with E-state index in [9.17, 15) is 9.90 Å². The first-order valence-corrected chi connectivity index (χ1v) is 10.3. The molecule has 1 atom stereocenters. The molecule has 9 nitrogen and oxygen atoms in total. The molecule has 0 radical (unpaired) electrons. The summed E-state index contributed by atoms with van der Waals surface area (Å²) in [7, 11) is 0. The van der Waals surface area contributed by atoms with Crippen LogP contribution in [-0.2, 0) is 17.9 Å². The van der Waals surface area contributed by atoms with E-state index in [2.05, 4.69) is 25.6 Å². The highest BCUT2D eigenvalue weighted by Crippen LogP contribution is 2.20. The molecular weight excluding hydrogens is 452 g/mol. The third-order valence-electron chi connectivity index (χ3n) is 5.08. The molecule has 1 aliphatic heterocycles. The maximum absolute atomic E-state index is 12.6. The summed E-state index contributed by atoms with van der Waals surface area (Å²) >= 11 is 6.10. The van der Waals surface area contributed by atoms with Gasteiger partial charge in [0.2, 0.25) is 5.95 Å². The SMILES string of the molecule is Cc1cnc(N[C@H]2CCOC2)nc1-n1cnc(C(=O)NCc2cccc(Cl)c2CO)c1.S. The van der Waals surface area contributed by atoms with Gasteiger partial charge in [0.15, 0.2) is 0 Å². The molecule has 3 aromatic rings. The van der Waals surface area contributed by atoms with Crippen molar-refractivity contribution < 1.29 is 14.6 Å². The number of hydrogen-bond donors (Lipinski definition) is 3. The van der Waals surface area contributed by atoms with Crippen LogP contribution >= 0.6 is 25.1 Å². The second kappa shape index (κ2) is 10.8. The number of carbonyl (C=O) groups excluding carboxylic acids is 1. The number of benzene rings is 1. The Morgan fingerprint density at radius 3 is 2.97 bits per heavy atom. The predicted octanol–water partition coefficient (Wildman–Crippen LogP) is 2.36. The van der Waals surface area contributed by atoms with Crippen molar-refractivity contribution in [1.82, 2.24) is 24.8 Å². The average Bonchev–Trinajstić information content (AvgIpc) is 3.46. The van der Waals surface area contributed by atoms with Crippen molar-refractivity contribution in [2.24, 2.45) is 0 Å². The van der Waals surface area contributed by atoms with Gasteiger partial charge in [0.1, 0.15) is 17.8 Å². The summed E-state index contributed by atoms with van der Waals surface area (Å²) < 4.78 is 7.07. The van der Waals surface area contributed by atoms with E-state index < -0.39 is 0 Å². The number of anilines is 1. The Morgan fingerprint density at radius 1 is 1.38 bits per heavy atom. The first-order valence-electron chi connectivity index (χ1n) is 9.92. The van der Waals surface area contributed by atoms with Crippen LogP contribution in [0.1, 0.15) is 33.6 Å². The minimum atomic E-state index is -0.337. The van der Waals surface area contributed by atoms with Gasteiger partial charge in [-0.3, -0.25) is 9.36 Å². The number of aromatic nitrogens is 4. The average molecular weight is 477 g/mol. The number of nitrogens with one attached hydrogen (secondary N) is 2. The minimum Gasteiger partial charge on any atom is -0.392 e. The van der Waals surface area contributed by atoms with Gasteiger partial charge in [-0.25, -0.2) is 9.97 Å². The van der Waals surface area contributed by atoms with Crippen molar-refractivity contribution >= 4 is 37.0 Å². The van der Waals surface area contributed by atoms with Crippen LogP contribution in [0.3, 0.4) is 0 Å². The number of ether oxygens (including phenoxy) is 1. The third kappa shape index (κ3) is 5.39. The number of aliphatic hydroxyl groups is 1. The molecular formula is C21H25ClN6O3S. The fourth-order valence-corrected chi connectivity index (χ4v) is 3.62. The third-order valence-corrected chi connectivity index (χ3v) is 5.44. The Kier molecular flexibility index (Phi) is 8.08. The van der Waals surface area contributed by atoms with E-state index in [0.29, 0.717) is 29.0 Å². The fraction of sp³-hybridized carbons (Fsp3) is 0.333. The van der Waals surface area contributed by atoms with Crippen molar-refractivity contribution in [3.8, 4) is 5.82 Å². The van der Waals surface area contributed by atoms with Crippen molar-refractivity contribution in [3.05, 3.63) is 64.3 Å². The first kappa shape index (κ1) is 24.0. The standard InChI is InChI=1S/C21H23ClN6O3.H2S/c1-13-7-24-21(26-15-5-6-31-11-15)27-19(13)28-9-18(25-12-28)20(30)23-8-14-3-2-4-17(22)16(14)10-29;/h2-4,7,9,12,15,29H,5-6,8,10-11H2,1H3,(H,23,30)(H,24,26,27);1H2/t15-;/m0./s1. The number of rotatable bonds is 7. The zero-order valence-corrected chi connectivity index (χ0v) is 19.3. The topological polar surface area (TPSA) is 114 Å². The monoisotopic (exact) mass is 476 g/mol. The number of amides is 1. The van der Waals surface area contributed by atoms with Crippen LogP contribution in [-0.4, -0.2) is 49.8 Å². The quantitative estimate of drug-likeness (QED) is 0.479. The van der Waals surface area contributed by atoms with Crippen molar-refractivity contribution in [3.63, 3.8) is 0 Å². The molecule has 170 valence electrons. The minimum absolute atomic E-state index is 0. The van der Waals surface area contributed by atoms with E-state index in [-0.39, 0.29) is 44.3 Å². The van der Waals surface area contributed by atoms with Gasteiger partial charge < -0.3 is 20.5 Å². The molecule has 0 bridgehead atoms. The first-order chi connectivity index (χ1) is 15.0. The summed E-state index contributed by atoms with van der Waals surface area (Å²) in [5.41, 5.74) is 2.45. The highest BCUT2D eigenvalue weighted by Gasteiger charge is 2.18. The van der Waals surface area contributed by atoms with Crippen molar-refractivity contribution in [2.45, 2.75) is 32.5 Å². The molecule has 1 aliphatic rings. The normalized spacial score (nSPS) is 15.3. The summed E-state index contributed by atoms with van der Waals surface area (Å²) in [5, 5.41) is 16.1. The molecule has 4 rings (SSSR count). The van der Waals surface area contributed by atoms with E-state index in [0.717, 1.165) is 24.2 Å². The van der Waals surface area contributed by atoms with Crippen LogP contribution in [0.4, 0.5) is 5.95 Å². The van der Waals surface area contributed by atoms with Gasteiger partial charge in [-0.1, -0.05) is 23.7 Å². The number of imidazole rings is 1. The molecule has 1 aromatic carbocycles. The van der Waals surface area contributed by atoms with E-state index in [1.807, 2.05) is 13.0 Å². The van der Waals surface area contributed by atoms with Gasteiger partial charge in [0.25, 0.3) is 5.91 Å². The van der Waals surface area contributed by atoms with Gasteiger partial charge in [-0.2, -0.15) is 18.5 Å². The number of aryl methyl sites for hydroxylation is 1. The number of nitrogens with zero attached hydrogens (tertiary/aromatic N) is 4. The lowest BCUT2D eigenvalue weighted by molar-refractivity contribution is 0.0946. The molecule has 1 saturated heterocycles. The number of halogens is 1. The lowest BCUT2D eigenvalue weighted by atomic mass is 10.1. The fourth-order valence-electron chi connectivity index (χ4n) is 3.36. The Labute approximate surface area is 197 Å². The van der Waals surface area contributed by atoms with Crippen molar-refractivity contribution in [1.29, 1.82) is 0 Å². The molecule has 1 fully saturated rings. The van der Waals surface area contributed by atoms with E-state index in [1.54, 1.807) is 35.4 Å². The zero-order chi connectivity index (χ0) is 21.8. The Bertz CT molecular complexity index is 1090.